The summed E-state index contributed by atoms with van der Waals surface area (Å²) < 4.78 is 73.8. The van der Waals surface area contributed by atoms with Crippen molar-refractivity contribution in [2.45, 2.75) is 44.9 Å². The van der Waals surface area contributed by atoms with Crippen molar-refractivity contribution in [3.05, 3.63) is 74.7 Å². The fraction of sp³-hybridized carbons (Fsp3) is 0.379. The van der Waals surface area contributed by atoms with Crippen LogP contribution in [0.15, 0.2) is 48.5 Å². The number of hydrogen-bond acceptors (Lipinski definition) is 5. The Hall–Kier alpha value is -2.89. The second-order valence-corrected chi connectivity index (χ2v) is 10.8. The molecule has 1 aromatic heterocycles. The minimum atomic E-state index is -4.81. The van der Waals surface area contributed by atoms with Crippen LogP contribution in [0, 0.1) is 21.2 Å². The number of aromatic nitrogens is 1. The summed E-state index contributed by atoms with van der Waals surface area (Å²) in [5.41, 5.74) is -0.743. The summed E-state index contributed by atoms with van der Waals surface area (Å²) in [5, 5.41) is 0. The second-order valence-electron chi connectivity index (χ2n) is 9.60. The molecule has 0 saturated heterocycles. The minimum absolute atomic E-state index is 0.0865. The van der Waals surface area contributed by atoms with Gasteiger partial charge in [-0.2, -0.15) is 13.2 Å². The Bertz CT molecular complexity index is 1360. The monoisotopic (exact) mass is 657 g/mol. The van der Waals surface area contributed by atoms with Crippen molar-refractivity contribution in [3.63, 3.8) is 0 Å². The molecule has 5 nitrogen and oxygen atoms in total. The lowest BCUT2D eigenvalue weighted by Gasteiger charge is -2.25. The first-order valence-corrected chi connectivity index (χ1v) is 13.5. The van der Waals surface area contributed by atoms with Crippen molar-refractivity contribution in [3.8, 4) is 22.8 Å². The van der Waals surface area contributed by atoms with E-state index in [0.29, 0.717) is 21.0 Å². The molecule has 1 unspecified atom stereocenters. The van der Waals surface area contributed by atoms with Gasteiger partial charge in [-0.1, -0.05) is 19.1 Å². The maximum absolute atomic E-state index is 14.5. The summed E-state index contributed by atoms with van der Waals surface area (Å²) >= 11 is 2.06. The Morgan fingerprint density at radius 2 is 1.77 bits per heavy atom. The zero-order valence-electron chi connectivity index (χ0n) is 21.8. The number of esters is 1. The number of benzene rings is 2. The van der Waals surface area contributed by atoms with E-state index in [0.717, 1.165) is 24.5 Å². The summed E-state index contributed by atoms with van der Waals surface area (Å²) in [6.45, 7) is 3.33. The minimum Gasteiger partial charge on any atom is -0.497 e. The van der Waals surface area contributed by atoms with Crippen LogP contribution in [0.3, 0.4) is 0 Å². The van der Waals surface area contributed by atoms with Crippen LogP contribution in [0.4, 0.5) is 17.6 Å². The summed E-state index contributed by atoms with van der Waals surface area (Å²) in [6, 6.07) is 11.9. The molecule has 2 aromatic carbocycles. The van der Waals surface area contributed by atoms with Crippen molar-refractivity contribution in [1.29, 1.82) is 0 Å². The highest BCUT2D eigenvalue weighted by Crippen LogP contribution is 2.48. The molecule has 1 saturated carbocycles. The Kier molecular flexibility index (Phi) is 8.72. The quantitative estimate of drug-likeness (QED) is 0.133. The second kappa shape index (κ2) is 11.7. The molecule has 3 aromatic rings. The zero-order chi connectivity index (χ0) is 28.5. The largest absolute Gasteiger partial charge is 0.497 e. The Morgan fingerprint density at radius 3 is 2.38 bits per heavy atom. The van der Waals surface area contributed by atoms with Crippen molar-refractivity contribution in [1.82, 2.24) is 4.98 Å². The maximum atomic E-state index is 14.5. The lowest BCUT2D eigenvalue weighted by atomic mass is 9.83. The number of carbonyl (C=O) groups excluding carboxylic acids is 1. The van der Waals surface area contributed by atoms with E-state index in [-0.39, 0.29) is 34.6 Å². The molecule has 1 fully saturated rings. The van der Waals surface area contributed by atoms with Crippen LogP contribution in [-0.2, 0) is 15.7 Å². The van der Waals surface area contributed by atoms with Gasteiger partial charge >= 0.3 is 12.1 Å². The average molecular weight is 657 g/mol. The van der Waals surface area contributed by atoms with E-state index in [1.807, 2.05) is 19.1 Å². The molecule has 10 heteroatoms. The third-order valence-corrected chi connectivity index (χ3v) is 7.86. The summed E-state index contributed by atoms with van der Waals surface area (Å²) in [7, 11) is 2.74. The van der Waals surface area contributed by atoms with E-state index in [4.69, 9.17) is 14.2 Å². The van der Waals surface area contributed by atoms with Crippen molar-refractivity contribution in [2.24, 2.45) is 11.8 Å². The van der Waals surface area contributed by atoms with Gasteiger partial charge in [-0.25, -0.2) is 9.37 Å². The van der Waals surface area contributed by atoms with Gasteiger partial charge in [0.2, 0.25) is 0 Å². The summed E-state index contributed by atoms with van der Waals surface area (Å²) in [6.07, 6.45) is -3.85. The molecule has 4 rings (SSSR count). The van der Waals surface area contributed by atoms with E-state index in [1.54, 1.807) is 6.07 Å². The van der Waals surface area contributed by atoms with Gasteiger partial charge in [0.1, 0.15) is 23.4 Å². The van der Waals surface area contributed by atoms with Gasteiger partial charge < -0.3 is 14.2 Å². The summed E-state index contributed by atoms with van der Waals surface area (Å²) in [4.78, 5) is 16.1. The number of alkyl halides is 3. The van der Waals surface area contributed by atoms with Gasteiger partial charge in [0.25, 0.3) is 0 Å². The molecule has 208 valence electrons. The number of halogens is 5. The smallest absolute Gasteiger partial charge is 0.433 e. The van der Waals surface area contributed by atoms with Crippen LogP contribution in [-0.4, -0.2) is 25.2 Å². The molecule has 0 amide bonds. The number of rotatable bonds is 9. The number of ether oxygens (including phenoxy) is 3. The van der Waals surface area contributed by atoms with Gasteiger partial charge in [-0.3, -0.25) is 4.79 Å². The SMILES string of the molecule is COC(=O)[C@@H](C)C(c1ccc(I)c(O[C@@H](C)c2ccc(-c3cc(OC)ccc3F)nc2C(F)(F)F)c1)C1CC1. The molecule has 1 heterocycles. The number of carbonyl (C=O) groups is 1. The van der Waals surface area contributed by atoms with Crippen LogP contribution in [0.2, 0.25) is 0 Å². The van der Waals surface area contributed by atoms with Crippen LogP contribution in [0.25, 0.3) is 11.3 Å². The van der Waals surface area contributed by atoms with Crippen LogP contribution in [0.5, 0.6) is 11.5 Å². The fourth-order valence-electron chi connectivity index (χ4n) is 4.83. The summed E-state index contributed by atoms with van der Waals surface area (Å²) in [5.74, 6) is -0.464. The van der Waals surface area contributed by atoms with E-state index in [9.17, 15) is 22.4 Å². The third kappa shape index (κ3) is 6.47. The van der Waals surface area contributed by atoms with E-state index in [1.165, 1.54) is 45.4 Å². The van der Waals surface area contributed by atoms with Crippen LogP contribution in [0.1, 0.15) is 55.5 Å². The van der Waals surface area contributed by atoms with Gasteiger partial charge in [-0.15, -0.1) is 0 Å². The molecule has 0 radical (unpaired) electrons. The zero-order valence-corrected chi connectivity index (χ0v) is 24.0. The fourth-order valence-corrected chi connectivity index (χ4v) is 5.29. The Balaban J connectivity index is 1.68. The first-order chi connectivity index (χ1) is 18.4. The van der Waals surface area contributed by atoms with Gasteiger partial charge in [0.15, 0.2) is 5.69 Å². The molecule has 0 aliphatic heterocycles. The maximum Gasteiger partial charge on any atom is 0.433 e. The molecule has 0 bridgehead atoms. The highest BCUT2D eigenvalue weighted by molar-refractivity contribution is 14.1. The number of methoxy groups -OCH3 is 2. The van der Waals surface area contributed by atoms with Gasteiger partial charge in [-0.05, 0) is 96.2 Å². The van der Waals surface area contributed by atoms with E-state index < -0.39 is 23.8 Å². The van der Waals surface area contributed by atoms with E-state index >= 15 is 0 Å². The Morgan fingerprint density at radius 1 is 1.05 bits per heavy atom. The topological polar surface area (TPSA) is 57.7 Å². The van der Waals surface area contributed by atoms with Crippen molar-refractivity contribution in [2.75, 3.05) is 14.2 Å². The number of pyridine rings is 1. The lowest BCUT2D eigenvalue weighted by molar-refractivity contribution is -0.146. The van der Waals surface area contributed by atoms with Crippen molar-refractivity contribution >= 4 is 28.6 Å². The molecule has 3 atom stereocenters. The highest BCUT2D eigenvalue weighted by atomic mass is 127. The third-order valence-electron chi connectivity index (χ3n) is 6.97. The molecular formula is C29H28F4INO4. The van der Waals surface area contributed by atoms with Crippen LogP contribution < -0.4 is 9.47 Å². The molecule has 1 aliphatic rings. The van der Waals surface area contributed by atoms with Gasteiger partial charge in [0.05, 0.1) is 29.4 Å². The standard InChI is InChI=1S/C29H28F4INO4/c1-15(28(36)38-4)26(17-5-6-17)18-7-11-23(34)25(13-18)39-16(2)20-9-12-24(35-27(20)29(31,32)33)21-14-19(37-3)8-10-22(21)30/h7-17,26H,5-6H2,1-4H3/t15-,16-,26?/m0/s1. The number of hydrogen-bond donors (Lipinski definition) is 0. The average Bonchev–Trinajstić information content (AvgIpc) is 3.74. The lowest BCUT2D eigenvalue weighted by Crippen LogP contribution is -2.22. The molecular weight excluding hydrogens is 629 g/mol. The number of nitrogens with zero attached hydrogens (tertiary/aromatic N) is 1. The molecule has 39 heavy (non-hydrogen) atoms. The highest BCUT2D eigenvalue weighted by Gasteiger charge is 2.40. The molecule has 1 aliphatic carbocycles. The van der Waals surface area contributed by atoms with Crippen molar-refractivity contribution < 1.29 is 36.6 Å². The predicted octanol–water partition coefficient (Wildman–Crippen LogP) is 7.96. The first-order valence-electron chi connectivity index (χ1n) is 12.4. The predicted molar refractivity (Wildman–Crippen MR) is 146 cm³/mol. The van der Waals surface area contributed by atoms with Crippen LogP contribution >= 0.6 is 22.6 Å². The molecule has 0 N–H and O–H groups in total. The Labute approximate surface area is 238 Å². The molecule has 0 spiro atoms. The first kappa shape index (κ1) is 29.1. The van der Waals surface area contributed by atoms with E-state index in [2.05, 4.69) is 27.6 Å². The van der Waals surface area contributed by atoms with Gasteiger partial charge in [0, 0.05) is 11.1 Å². The normalized spacial score (nSPS) is 15.8.